The Morgan fingerprint density at radius 3 is 2.78 bits per heavy atom. The van der Waals surface area contributed by atoms with E-state index >= 15 is 0 Å². The molecule has 0 bridgehead atoms. The zero-order valence-electron chi connectivity index (χ0n) is 11.1. The molecule has 1 aliphatic rings. The first-order chi connectivity index (χ1) is 8.43. The number of thioether (sulfide) groups is 1. The van der Waals surface area contributed by atoms with Crippen molar-refractivity contribution in [2.24, 2.45) is 0 Å². The van der Waals surface area contributed by atoms with Crippen LogP contribution in [0.15, 0.2) is 23.1 Å². The van der Waals surface area contributed by atoms with Crippen LogP contribution in [0.3, 0.4) is 0 Å². The van der Waals surface area contributed by atoms with Crippen LogP contribution in [-0.4, -0.2) is 29.4 Å². The van der Waals surface area contributed by atoms with Crippen molar-refractivity contribution in [2.45, 2.75) is 36.3 Å². The first kappa shape index (κ1) is 13.4. The SMILES string of the molecule is CN1C(=O)CCc2cc(SC(C)(C)CO)ccc21. The molecule has 0 saturated heterocycles. The highest BCUT2D eigenvalue weighted by Crippen LogP contribution is 2.36. The first-order valence-corrected chi connectivity index (χ1v) is 6.94. The van der Waals surface area contributed by atoms with E-state index in [1.54, 1.807) is 16.7 Å². The molecule has 0 spiro atoms. The van der Waals surface area contributed by atoms with Crippen LogP contribution in [0, 0.1) is 0 Å². The molecule has 1 aliphatic heterocycles. The van der Waals surface area contributed by atoms with E-state index in [0.717, 1.165) is 17.0 Å². The number of fused-ring (bicyclic) bond motifs is 1. The van der Waals surface area contributed by atoms with Crippen molar-refractivity contribution >= 4 is 23.4 Å². The second-order valence-electron chi connectivity index (χ2n) is 5.26. The maximum atomic E-state index is 11.6. The van der Waals surface area contributed by atoms with Crippen molar-refractivity contribution in [2.75, 3.05) is 18.6 Å². The zero-order valence-corrected chi connectivity index (χ0v) is 11.9. The first-order valence-electron chi connectivity index (χ1n) is 6.12. The number of aliphatic hydroxyl groups is 1. The van der Waals surface area contributed by atoms with E-state index in [-0.39, 0.29) is 17.3 Å². The van der Waals surface area contributed by atoms with Crippen LogP contribution in [-0.2, 0) is 11.2 Å². The summed E-state index contributed by atoms with van der Waals surface area (Å²) in [7, 11) is 1.82. The summed E-state index contributed by atoms with van der Waals surface area (Å²) < 4.78 is -0.176. The van der Waals surface area contributed by atoms with Crippen LogP contribution in [0.1, 0.15) is 25.8 Å². The number of carbonyl (C=O) groups excluding carboxylic acids is 1. The predicted octanol–water partition coefficient (Wildman–Crippen LogP) is 2.46. The molecule has 1 amide bonds. The van der Waals surface area contributed by atoms with Gasteiger partial charge in [0.2, 0.25) is 5.91 Å². The molecule has 1 aromatic rings. The molecular weight excluding hydrogens is 246 g/mol. The van der Waals surface area contributed by atoms with Crippen LogP contribution in [0.25, 0.3) is 0 Å². The van der Waals surface area contributed by atoms with Crippen LogP contribution in [0.4, 0.5) is 5.69 Å². The number of rotatable bonds is 3. The van der Waals surface area contributed by atoms with Crippen molar-refractivity contribution in [1.82, 2.24) is 0 Å². The van der Waals surface area contributed by atoms with Gasteiger partial charge in [0.25, 0.3) is 0 Å². The van der Waals surface area contributed by atoms with Gasteiger partial charge in [-0.05, 0) is 44.0 Å². The normalized spacial score (nSPS) is 15.8. The number of carbonyl (C=O) groups is 1. The van der Waals surface area contributed by atoms with Gasteiger partial charge in [-0.1, -0.05) is 0 Å². The number of hydrogen-bond donors (Lipinski definition) is 1. The van der Waals surface area contributed by atoms with Gasteiger partial charge in [-0.25, -0.2) is 0 Å². The minimum Gasteiger partial charge on any atom is -0.395 e. The van der Waals surface area contributed by atoms with Crippen LogP contribution in [0.2, 0.25) is 0 Å². The van der Waals surface area contributed by atoms with Gasteiger partial charge in [-0.3, -0.25) is 4.79 Å². The van der Waals surface area contributed by atoms with Crippen molar-refractivity contribution < 1.29 is 9.90 Å². The summed E-state index contributed by atoms with van der Waals surface area (Å²) in [6, 6.07) is 6.17. The van der Waals surface area contributed by atoms with Gasteiger partial charge >= 0.3 is 0 Å². The zero-order chi connectivity index (χ0) is 13.3. The summed E-state index contributed by atoms with van der Waals surface area (Å²) in [5, 5.41) is 9.30. The van der Waals surface area contributed by atoms with Crippen molar-refractivity contribution in [3.05, 3.63) is 23.8 Å². The van der Waals surface area contributed by atoms with Gasteiger partial charge in [0.05, 0.1) is 6.61 Å². The van der Waals surface area contributed by atoms with Gasteiger partial charge in [-0.2, -0.15) is 0 Å². The lowest BCUT2D eigenvalue weighted by molar-refractivity contribution is -0.118. The van der Waals surface area contributed by atoms with Crippen LogP contribution >= 0.6 is 11.8 Å². The molecule has 4 heteroatoms. The molecule has 1 N–H and O–H groups in total. The van der Waals surface area contributed by atoms with E-state index in [0.29, 0.717) is 6.42 Å². The monoisotopic (exact) mass is 265 g/mol. The third-order valence-electron chi connectivity index (χ3n) is 3.17. The van der Waals surface area contributed by atoms with Crippen molar-refractivity contribution in [3.8, 4) is 0 Å². The molecular formula is C14H19NO2S. The number of aryl methyl sites for hydroxylation is 1. The summed E-state index contributed by atoms with van der Waals surface area (Å²) in [5.74, 6) is 0.179. The molecule has 98 valence electrons. The van der Waals surface area contributed by atoms with E-state index in [9.17, 15) is 9.90 Å². The molecule has 0 atom stereocenters. The third kappa shape index (κ3) is 2.70. The Balaban J connectivity index is 2.26. The third-order valence-corrected chi connectivity index (χ3v) is 4.34. The van der Waals surface area contributed by atoms with E-state index in [4.69, 9.17) is 0 Å². The van der Waals surface area contributed by atoms with Gasteiger partial charge < -0.3 is 10.0 Å². The molecule has 0 unspecified atom stereocenters. The smallest absolute Gasteiger partial charge is 0.227 e. The molecule has 0 aliphatic carbocycles. The number of hydrogen-bond acceptors (Lipinski definition) is 3. The Morgan fingerprint density at radius 2 is 2.11 bits per heavy atom. The molecule has 3 nitrogen and oxygen atoms in total. The highest BCUT2D eigenvalue weighted by Gasteiger charge is 2.23. The Hall–Kier alpha value is -1.00. The summed E-state index contributed by atoms with van der Waals surface area (Å²) in [6.07, 6.45) is 1.40. The summed E-state index contributed by atoms with van der Waals surface area (Å²) in [4.78, 5) is 14.5. The Kier molecular flexibility index (Phi) is 3.69. The summed E-state index contributed by atoms with van der Waals surface area (Å²) >= 11 is 1.67. The maximum absolute atomic E-state index is 11.6. The maximum Gasteiger partial charge on any atom is 0.227 e. The highest BCUT2D eigenvalue weighted by atomic mass is 32.2. The predicted molar refractivity (Wildman–Crippen MR) is 75.2 cm³/mol. The molecule has 2 rings (SSSR count). The molecule has 0 fully saturated rings. The largest absolute Gasteiger partial charge is 0.395 e. The topological polar surface area (TPSA) is 40.5 Å². The van der Waals surface area contributed by atoms with Gasteiger partial charge in [0.15, 0.2) is 0 Å². The second kappa shape index (κ2) is 4.94. The average Bonchev–Trinajstić information content (AvgIpc) is 2.34. The lowest BCUT2D eigenvalue weighted by atomic mass is 10.0. The van der Waals surface area contributed by atoms with Crippen LogP contribution in [0.5, 0.6) is 0 Å². The lowest BCUT2D eigenvalue weighted by Crippen LogP contribution is -2.31. The molecule has 18 heavy (non-hydrogen) atoms. The average molecular weight is 265 g/mol. The molecule has 1 heterocycles. The van der Waals surface area contributed by atoms with Crippen LogP contribution < -0.4 is 4.90 Å². The number of benzene rings is 1. The number of amides is 1. The fourth-order valence-corrected chi connectivity index (χ4v) is 3.09. The fraction of sp³-hybridized carbons (Fsp3) is 0.500. The van der Waals surface area contributed by atoms with Crippen molar-refractivity contribution in [3.63, 3.8) is 0 Å². The number of anilines is 1. The van der Waals surface area contributed by atoms with Gasteiger partial charge in [-0.15, -0.1) is 11.8 Å². The summed E-state index contributed by atoms with van der Waals surface area (Å²) in [6.45, 7) is 4.19. The van der Waals surface area contributed by atoms with Crippen molar-refractivity contribution in [1.29, 1.82) is 0 Å². The summed E-state index contributed by atoms with van der Waals surface area (Å²) in [5.41, 5.74) is 2.23. The fourth-order valence-electron chi connectivity index (χ4n) is 2.05. The van der Waals surface area contributed by atoms with E-state index in [2.05, 4.69) is 6.07 Å². The molecule has 0 saturated carbocycles. The molecule has 0 radical (unpaired) electrons. The molecule has 0 aromatic heterocycles. The highest BCUT2D eigenvalue weighted by molar-refractivity contribution is 8.00. The quantitative estimate of drug-likeness (QED) is 0.853. The standard InChI is InChI=1S/C14H19NO2S/c1-14(2,9-16)18-11-5-6-12-10(8-11)4-7-13(17)15(12)3/h5-6,8,16H,4,7,9H2,1-3H3. The number of nitrogens with zero attached hydrogens (tertiary/aromatic N) is 1. The Bertz CT molecular complexity index is 471. The lowest BCUT2D eigenvalue weighted by Gasteiger charge is -2.27. The number of aliphatic hydroxyl groups excluding tert-OH is 1. The minimum atomic E-state index is -0.176. The van der Waals surface area contributed by atoms with Gasteiger partial charge in [0, 0.05) is 28.8 Å². The Labute approximate surface area is 112 Å². The minimum absolute atomic E-state index is 0.146. The van der Waals surface area contributed by atoms with E-state index in [1.807, 2.05) is 33.0 Å². The van der Waals surface area contributed by atoms with Gasteiger partial charge in [0.1, 0.15) is 0 Å². The Morgan fingerprint density at radius 1 is 1.39 bits per heavy atom. The van der Waals surface area contributed by atoms with E-state index < -0.39 is 0 Å². The van der Waals surface area contributed by atoms with E-state index in [1.165, 1.54) is 5.56 Å². The second-order valence-corrected chi connectivity index (χ2v) is 7.04. The molecule has 1 aromatic carbocycles.